The van der Waals surface area contributed by atoms with Crippen LogP contribution in [0.3, 0.4) is 0 Å². The van der Waals surface area contributed by atoms with E-state index in [9.17, 15) is 0 Å². The van der Waals surface area contributed by atoms with Crippen LogP contribution in [0.4, 0.5) is 0 Å². The monoisotopic (exact) mass is 183 g/mol. The van der Waals surface area contributed by atoms with Crippen molar-refractivity contribution in [2.75, 3.05) is 6.61 Å². The van der Waals surface area contributed by atoms with E-state index in [-0.39, 0.29) is 12.6 Å². The first-order valence-corrected chi connectivity index (χ1v) is 5.28. The van der Waals surface area contributed by atoms with Crippen LogP contribution in [0.1, 0.15) is 39.5 Å². The van der Waals surface area contributed by atoms with Gasteiger partial charge in [-0.25, -0.2) is 0 Å². The van der Waals surface area contributed by atoms with Crippen LogP contribution in [0.5, 0.6) is 0 Å². The largest absolute Gasteiger partial charge is 0.395 e. The lowest BCUT2D eigenvalue weighted by Gasteiger charge is -2.26. The molecule has 0 saturated carbocycles. The van der Waals surface area contributed by atoms with Gasteiger partial charge in [0.25, 0.3) is 0 Å². The first-order valence-electron chi connectivity index (χ1n) is 5.28. The summed E-state index contributed by atoms with van der Waals surface area (Å²) in [6, 6.07) is 0.873. The maximum atomic E-state index is 9.03. The van der Waals surface area contributed by atoms with Crippen LogP contribution in [0.15, 0.2) is 11.6 Å². The first-order chi connectivity index (χ1) is 6.26. The Morgan fingerprint density at radius 1 is 1.69 bits per heavy atom. The highest BCUT2D eigenvalue weighted by atomic mass is 16.3. The van der Waals surface area contributed by atoms with Crippen LogP contribution < -0.4 is 5.32 Å². The van der Waals surface area contributed by atoms with Gasteiger partial charge < -0.3 is 10.4 Å². The van der Waals surface area contributed by atoms with E-state index in [1.807, 2.05) is 0 Å². The molecule has 0 spiro atoms. The Bertz CT molecular complexity index is 173. The third-order valence-electron chi connectivity index (χ3n) is 2.82. The van der Waals surface area contributed by atoms with Gasteiger partial charge in [0, 0.05) is 12.1 Å². The van der Waals surface area contributed by atoms with Crippen molar-refractivity contribution < 1.29 is 5.11 Å². The van der Waals surface area contributed by atoms with Gasteiger partial charge in [-0.1, -0.05) is 18.6 Å². The first kappa shape index (κ1) is 10.7. The van der Waals surface area contributed by atoms with Crippen LogP contribution in [0.2, 0.25) is 0 Å². The van der Waals surface area contributed by atoms with Crippen LogP contribution in [0, 0.1) is 0 Å². The summed E-state index contributed by atoms with van der Waals surface area (Å²) < 4.78 is 0. The molecule has 1 unspecified atom stereocenters. The van der Waals surface area contributed by atoms with E-state index in [0.29, 0.717) is 6.04 Å². The van der Waals surface area contributed by atoms with Gasteiger partial charge in [-0.05, 0) is 32.6 Å². The fourth-order valence-corrected chi connectivity index (χ4v) is 1.75. The highest BCUT2D eigenvalue weighted by Crippen LogP contribution is 2.17. The van der Waals surface area contributed by atoms with Gasteiger partial charge >= 0.3 is 0 Å². The molecule has 76 valence electrons. The number of hydrogen-bond acceptors (Lipinski definition) is 2. The Balaban J connectivity index is 2.30. The Morgan fingerprint density at radius 3 is 2.92 bits per heavy atom. The van der Waals surface area contributed by atoms with E-state index in [1.54, 1.807) is 0 Å². The maximum Gasteiger partial charge on any atom is 0.0584 e. The standard InChI is InChI=1S/C11H21NO/c1-3-10(8-13)12-11-6-4-9(2)5-7-11/h4,10-13H,3,5-8H2,1-2H3/t10-,11?/m0/s1. The molecule has 2 N–H and O–H groups in total. The average Bonchev–Trinajstić information content (AvgIpc) is 2.17. The molecule has 0 aromatic heterocycles. The average molecular weight is 183 g/mol. The molecule has 0 aliphatic heterocycles. The molecule has 0 radical (unpaired) electrons. The Hall–Kier alpha value is -0.340. The second-order valence-corrected chi connectivity index (χ2v) is 3.98. The second kappa shape index (κ2) is 5.40. The predicted octanol–water partition coefficient (Wildman–Crippen LogP) is 1.85. The number of allylic oxidation sites excluding steroid dienone is 1. The summed E-state index contributed by atoms with van der Waals surface area (Å²) in [4.78, 5) is 0. The topological polar surface area (TPSA) is 32.3 Å². The predicted molar refractivity (Wildman–Crippen MR) is 55.7 cm³/mol. The van der Waals surface area contributed by atoms with Crippen molar-refractivity contribution in [1.29, 1.82) is 0 Å². The smallest absolute Gasteiger partial charge is 0.0584 e. The van der Waals surface area contributed by atoms with Crippen molar-refractivity contribution in [2.24, 2.45) is 0 Å². The van der Waals surface area contributed by atoms with Crippen molar-refractivity contribution in [3.63, 3.8) is 0 Å². The molecule has 0 heterocycles. The van der Waals surface area contributed by atoms with Crippen molar-refractivity contribution in [1.82, 2.24) is 5.32 Å². The third kappa shape index (κ3) is 3.49. The molecule has 0 aromatic rings. The van der Waals surface area contributed by atoms with E-state index in [1.165, 1.54) is 18.4 Å². The normalized spacial score (nSPS) is 25.5. The van der Waals surface area contributed by atoms with Crippen LogP contribution in [-0.4, -0.2) is 23.8 Å². The minimum Gasteiger partial charge on any atom is -0.395 e. The zero-order valence-corrected chi connectivity index (χ0v) is 8.71. The molecule has 2 heteroatoms. The van der Waals surface area contributed by atoms with Gasteiger partial charge in [0.15, 0.2) is 0 Å². The SMILES string of the molecule is CC[C@@H](CO)NC1CC=C(C)CC1. The second-order valence-electron chi connectivity index (χ2n) is 3.98. The van der Waals surface area contributed by atoms with Crippen molar-refractivity contribution in [3.05, 3.63) is 11.6 Å². The molecule has 0 amide bonds. The molecule has 1 aliphatic carbocycles. The van der Waals surface area contributed by atoms with E-state index < -0.39 is 0 Å². The molecule has 13 heavy (non-hydrogen) atoms. The van der Waals surface area contributed by atoms with Gasteiger partial charge in [0.1, 0.15) is 0 Å². The summed E-state index contributed by atoms with van der Waals surface area (Å²) in [5.74, 6) is 0. The molecular formula is C11H21NO. The molecule has 0 fully saturated rings. The molecule has 0 saturated heterocycles. The Labute approximate surface area is 81.0 Å². The minimum absolute atomic E-state index is 0.260. The zero-order chi connectivity index (χ0) is 9.68. The fraction of sp³-hybridized carbons (Fsp3) is 0.818. The summed E-state index contributed by atoms with van der Waals surface area (Å²) in [5.41, 5.74) is 1.51. The lowest BCUT2D eigenvalue weighted by molar-refractivity contribution is 0.224. The minimum atomic E-state index is 0.260. The molecule has 1 rings (SSSR count). The number of aliphatic hydroxyl groups excluding tert-OH is 1. The maximum absolute atomic E-state index is 9.03. The van der Waals surface area contributed by atoms with Crippen LogP contribution in [-0.2, 0) is 0 Å². The number of nitrogens with one attached hydrogen (secondary N) is 1. The molecule has 1 aliphatic rings. The molecule has 2 atom stereocenters. The lowest BCUT2D eigenvalue weighted by atomic mass is 9.95. The summed E-state index contributed by atoms with van der Waals surface area (Å²) in [6.45, 7) is 4.56. The number of hydrogen-bond donors (Lipinski definition) is 2. The Kier molecular flexibility index (Phi) is 4.46. The molecule has 0 bridgehead atoms. The van der Waals surface area contributed by atoms with E-state index >= 15 is 0 Å². The Morgan fingerprint density at radius 2 is 2.46 bits per heavy atom. The summed E-state index contributed by atoms with van der Waals surface area (Å²) >= 11 is 0. The van der Waals surface area contributed by atoms with Crippen molar-refractivity contribution in [2.45, 2.75) is 51.6 Å². The summed E-state index contributed by atoms with van der Waals surface area (Å²) in [6.07, 6.45) is 6.88. The summed E-state index contributed by atoms with van der Waals surface area (Å²) in [5, 5.41) is 12.5. The van der Waals surface area contributed by atoms with Crippen molar-refractivity contribution >= 4 is 0 Å². The summed E-state index contributed by atoms with van der Waals surface area (Å²) in [7, 11) is 0. The van der Waals surface area contributed by atoms with Crippen molar-refractivity contribution in [3.8, 4) is 0 Å². The molecule has 0 aromatic carbocycles. The third-order valence-corrected chi connectivity index (χ3v) is 2.82. The quantitative estimate of drug-likeness (QED) is 0.652. The number of aliphatic hydroxyl groups is 1. The highest BCUT2D eigenvalue weighted by molar-refractivity contribution is 5.04. The van der Waals surface area contributed by atoms with E-state index in [4.69, 9.17) is 5.11 Å². The van der Waals surface area contributed by atoms with Crippen LogP contribution in [0.25, 0.3) is 0 Å². The van der Waals surface area contributed by atoms with Crippen LogP contribution >= 0.6 is 0 Å². The molecule has 2 nitrogen and oxygen atoms in total. The number of rotatable bonds is 4. The highest BCUT2D eigenvalue weighted by Gasteiger charge is 2.15. The zero-order valence-electron chi connectivity index (χ0n) is 8.71. The van der Waals surface area contributed by atoms with E-state index in [2.05, 4.69) is 25.2 Å². The van der Waals surface area contributed by atoms with Gasteiger partial charge in [-0.15, -0.1) is 0 Å². The fourth-order valence-electron chi connectivity index (χ4n) is 1.75. The lowest BCUT2D eigenvalue weighted by Crippen LogP contribution is -2.40. The van der Waals surface area contributed by atoms with Gasteiger partial charge in [0.05, 0.1) is 6.61 Å². The van der Waals surface area contributed by atoms with Gasteiger partial charge in [0.2, 0.25) is 0 Å². The van der Waals surface area contributed by atoms with E-state index in [0.717, 1.165) is 12.8 Å². The van der Waals surface area contributed by atoms with Gasteiger partial charge in [-0.3, -0.25) is 0 Å². The molecular weight excluding hydrogens is 162 g/mol. The van der Waals surface area contributed by atoms with Gasteiger partial charge in [-0.2, -0.15) is 0 Å².